The number of para-hydroxylation sites is 1. The second-order valence-corrected chi connectivity index (χ2v) is 9.65. The first-order valence-electron chi connectivity index (χ1n) is 11.8. The van der Waals surface area contributed by atoms with Crippen molar-refractivity contribution in [3.05, 3.63) is 81.7 Å². The van der Waals surface area contributed by atoms with E-state index >= 15 is 0 Å². The highest BCUT2D eigenvalue weighted by Crippen LogP contribution is 2.39. The van der Waals surface area contributed by atoms with Gasteiger partial charge < -0.3 is 18.9 Å². The van der Waals surface area contributed by atoms with Crippen LogP contribution in [0.2, 0.25) is 0 Å². The number of hydrogen-bond donors (Lipinski definition) is 0. The van der Waals surface area contributed by atoms with Gasteiger partial charge in [0, 0.05) is 42.0 Å². The molecule has 1 aliphatic rings. The SMILES string of the molecule is CCn1cc(C(=O)N2CCc3ccsc3C2Cc2ccc(OC(C)=O)c(OC)c2)c2ccccc21. The number of benzene rings is 2. The molecule has 2 aromatic heterocycles. The number of carbonyl (C=O) groups is 2. The maximum Gasteiger partial charge on any atom is 0.308 e. The van der Waals surface area contributed by atoms with Gasteiger partial charge in [0.05, 0.1) is 18.7 Å². The number of carbonyl (C=O) groups excluding carboxylic acids is 2. The molecule has 0 fully saturated rings. The van der Waals surface area contributed by atoms with Crippen molar-refractivity contribution in [2.45, 2.75) is 39.3 Å². The predicted octanol–water partition coefficient (Wildman–Crippen LogP) is 5.64. The Morgan fingerprint density at radius 1 is 1.11 bits per heavy atom. The largest absolute Gasteiger partial charge is 0.493 e. The molecule has 180 valence electrons. The molecule has 1 aliphatic heterocycles. The highest BCUT2D eigenvalue weighted by Gasteiger charge is 2.34. The Hall–Kier alpha value is -3.58. The monoisotopic (exact) mass is 488 g/mol. The van der Waals surface area contributed by atoms with Gasteiger partial charge in [-0.1, -0.05) is 24.3 Å². The topological polar surface area (TPSA) is 60.8 Å². The Balaban J connectivity index is 1.52. The Bertz CT molecular complexity index is 1400. The zero-order valence-corrected chi connectivity index (χ0v) is 20.9. The van der Waals surface area contributed by atoms with Crippen molar-refractivity contribution in [1.82, 2.24) is 9.47 Å². The smallest absolute Gasteiger partial charge is 0.308 e. The molecule has 0 N–H and O–H groups in total. The molecule has 7 heteroatoms. The summed E-state index contributed by atoms with van der Waals surface area (Å²) in [6.45, 7) is 4.93. The van der Waals surface area contributed by atoms with E-state index in [-0.39, 0.29) is 11.9 Å². The number of fused-ring (bicyclic) bond motifs is 2. The lowest BCUT2D eigenvalue weighted by Crippen LogP contribution is -2.40. The second-order valence-electron chi connectivity index (χ2n) is 8.70. The molecule has 0 radical (unpaired) electrons. The lowest BCUT2D eigenvalue weighted by atomic mass is 9.94. The normalized spacial score (nSPS) is 15.2. The molecule has 1 atom stereocenters. The number of ether oxygens (including phenoxy) is 2. The van der Waals surface area contributed by atoms with Crippen LogP contribution in [0.1, 0.15) is 46.3 Å². The Labute approximate surface area is 208 Å². The van der Waals surface area contributed by atoms with Crippen molar-refractivity contribution in [3.8, 4) is 11.5 Å². The number of hydrogen-bond acceptors (Lipinski definition) is 5. The number of methoxy groups -OCH3 is 1. The van der Waals surface area contributed by atoms with E-state index in [1.54, 1.807) is 24.5 Å². The van der Waals surface area contributed by atoms with Gasteiger partial charge in [0.1, 0.15) is 0 Å². The lowest BCUT2D eigenvalue weighted by molar-refractivity contribution is -0.132. The van der Waals surface area contributed by atoms with Crippen LogP contribution in [0.4, 0.5) is 0 Å². The Kier molecular flexibility index (Phi) is 6.34. The van der Waals surface area contributed by atoms with E-state index in [0.717, 1.165) is 35.0 Å². The summed E-state index contributed by atoms with van der Waals surface area (Å²) in [5.41, 5.74) is 4.14. The molecular weight excluding hydrogens is 460 g/mol. The van der Waals surface area contributed by atoms with E-state index in [0.29, 0.717) is 24.5 Å². The van der Waals surface area contributed by atoms with Crippen LogP contribution < -0.4 is 9.47 Å². The number of esters is 1. The van der Waals surface area contributed by atoms with Gasteiger partial charge in [-0.2, -0.15) is 0 Å². The van der Waals surface area contributed by atoms with E-state index in [1.165, 1.54) is 17.4 Å². The minimum Gasteiger partial charge on any atom is -0.493 e. The zero-order chi connectivity index (χ0) is 24.5. The summed E-state index contributed by atoms with van der Waals surface area (Å²) in [6, 6.07) is 15.8. The van der Waals surface area contributed by atoms with Gasteiger partial charge in [-0.25, -0.2) is 0 Å². The van der Waals surface area contributed by atoms with Crippen LogP contribution in [-0.2, 0) is 24.2 Å². The Morgan fingerprint density at radius 2 is 1.94 bits per heavy atom. The standard InChI is InChI=1S/C28H28N2O4S/c1-4-29-17-22(21-7-5-6-8-23(21)29)28(32)30-13-11-20-12-14-35-27(20)24(30)15-19-9-10-25(34-18(2)31)26(16-19)33-3/h5-10,12,14,16-17,24H,4,11,13,15H2,1-3H3. The third kappa shape index (κ3) is 4.32. The lowest BCUT2D eigenvalue weighted by Gasteiger charge is -2.36. The van der Waals surface area contributed by atoms with Crippen molar-refractivity contribution in [1.29, 1.82) is 0 Å². The zero-order valence-electron chi connectivity index (χ0n) is 20.1. The van der Waals surface area contributed by atoms with E-state index in [9.17, 15) is 9.59 Å². The number of aryl methyl sites for hydroxylation is 1. The van der Waals surface area contributed by atoms with Gasteiger partial charge in [0.2, 0.25) is 0 Å². The molecule has 0 bridgehead atoms. The summed E-state index contributed by atoms with van der Waals surface area (Å²) in [4.78, 5) is 28.7. The molecule has 2 aromatic carbocycles. The van der Waals surface area contributed by atoms with Gasteiger partial charge >= 0.3 is 5.97 Å². The highest BCUT2D eigenvalue weighted by molar-refractivity contribution is 7.10. The number of nitrogens with zero attached hydrogens (tertiary/aromatic N) is 2. The van der Waals surface area contributed by atoms with Crippen molar-refractivity contribution in [2.75, 3.05) is 13.7 Å². The van der Waals surface area contributed by atoms with Crippen LogP contribution >= 0.6 is 11.3 Å². The molecule has 1 unspecified atom stereocenters. The first kappa shape index (κ1) is 23.2. The summed E-state index contributed by atoms with van der Waals surface area (Å²) < 4.78 is 12.9. The molecule has 0 spiro atoms. The van der Waals surface area contributed by atoms with Crippen LogP contribution in [0.5, 0.6) is 11.5 Å². The molecule has 5 rings (SSSR count). The Morgan fingerprint density at radius 3 is 2.71 bits per heavy atom. The minimum atomic E-state index is -0.394. The fourth-order valence-electron chi connectivity index (χ4n) is 4.97. The van der Waals surface area contributed by atoms with Crippen molar-refractivity contribution < 1.29 is 19.1 Å². The first-order chi connectivity index (χ1) is 17.0. The summed E-state index contributed by atoms with van der Waals surface area (Å²) in [5, 5.41) is 3.10. The van der Waals surface area contributed by atoms with Crippen LogP contribution in [0.25, 0.3) is 10.9 Å². The van der Waals surface area contributed by atoms with Crippen LogP contribution in [-0.4, -0.2) is 35.0 Å². The van der Waals surface area contributed by atoms with Crippen LogP contribution in [0.3, 0.4) is 0 Å². The molecule has 35 heavy (non-hydrogen) atoms. The molecule has 4 aromatic rings. The molecule has 0 aliphatic carbocycles. The summed E-state index contributed by atoms with van der Waals surface area (Å²) in [7, 11) is 1.56. The molecule has 0 saturated carbocycles. The van der Waals surface area contributed by atoms with Crippen molar-refractivity contribution in [2.24, 2.45) is 0 Å². The van der Waals surface area contributed by atoms with Gasteiger partial charge in [-0.3, -0.25) is 9.59 Å². The quantitative estimate of drug-likeness (QED) is 0.260. The van der Waals surface area contributed by atoms with E-state index in [2.05, 4.69) is 29.0 Å². The number of amides is 1. The average molecular weight is 489 g/mol. The number of aromatic nitrogens is 1. The van der Waals surface area contributed by atoms with E-state index in [1.807, 2.05) is 41.4 Å². The fourth-order valence-corrected chi connectivity index (χ4v) is 6.03. The minimum absolute atomic E-state index is 0.0564. The molecule has 0 saturated heterocycles. The number of rotatable bonds is 6. The van der Waals surface area contributed by atoms with Crippen LogP contribution in [0, 0.1) is 0 Å². The summed E-state index contributed by atoms with van der Waals surface area (Å²) in [5.74, 6) is 0.559. The van der Waals surface area contributed by atoms with Crippen molar-refractivity contribution in [3.63, 3.8) is 0 Å². The highest BCUT2D eigenvalue weighted by atomic mass is 32.1. The number of thiophene rings is 1. The molecule has 3 heterocycles. The van der Waals surface area contributed by atoms with E-state index < -0.39 is 5.97 Å². The van der Waals surface area contributed by atoms with Gasteiger partial charge in [-0.15, -0.1) is 11.3 Å². The third-order valence-corrected chi connectivity index (χ3v) is 7.67. The fraction of sp³-hybridized carbons (Fsp3) is 0.286. The van der Waals surface area contributed by atoms with Gasteiger partial charge in [0.25, 0.3) is 5.91 Å². The maximum absolute atomic E-state index is 14.0. The summed E-state index contributed by atoms with van der Waals surface area (Å²) in [6.07, 6.45) is 3.48. The molecular formula is C28H28N2O4S. The molecule has 6 nitrogen and oxygen atoms in total. The third-order valence-electron chi connectivity index (χ3n) is 6.61. The average Bonchev–Trinajstić information content (AvgIpc) is 3.49. The second kappa shape index (κ2) is 9.58. The molecule has 1 amide bonds. The first-order valence-corrected chi connectivity index (χ1v) is 12.7. The van der Waals surface area contributed by atoms with Gasteiger partial charge in [-0.05, 0) is 60.5 Å². The van der Waals surface area contributed by atoms with E-state index in [4.69, 9.17) is 9.47 Å². The maximum atomic E-state index is 14.0. The summed E-state index contributed by atoms with van der Waals surface area (Å²) >= 11 is 1.70. The van der Waals surface area contributed by atoms with Crippen LogP contribution in [0.15, 0.2) is 60.1 Å². The van der Waals surface area contributed by atoms with Gasteiger partial charge in [0.15, 0.2) is 11.5 Å². The predicted molar refractivity (Wildman–Crippen MR) is 137 cm³/mol. The van der Waals surface area contributed by atoms with Crippen molar-refractivity contribution >= 4 is 34.1 Å².